The predicted molar refractivity (Wildman–Crippen MR) is 79.1 cm³/mol. The fraction of sp³-hybridized carbons (Fsp3) is 0.714. The van der Waals surface area contributed by atoms with Crippen LogP contribution in [0.5, 0.6) is 0 Å². The summed E-state index contributed by atoms with van der Waals surface area (Å²) >= 11 is 3.51. The van der Waals surface area contributed by atoms with Crippen molar-refractivity contribution in [2.24, 2.45) is 0 Å². The Labute approximate surface area is 118 Å². The van der Waals surface area contributed by atoms with Crippen LogP contribution in [0.4, 0.5) is 5.82 Å². The van der Waals surface area contributed by atoms with Gasteiger partial charge >= 0.3 is 0 Å². The summed E-state index contributed by atoms with van der Waals surface area (Å²) in [5.41, 5.74) is 0.172. The molecular weight excluding hydrogens is 290 g/mol. The van der Waals surface area contributed by atoms with Crippen molar-refractivity contribution in [3.63, 3.8) is 0 Å². The molecule has 100 valence electrons. The lowest BCUT2D eigenvalue weighted by Crippen LogP contribution is -2.39. The minimum Gasteiger partial charge on any atom is -0.351 e. The van der Waals surface area contributed by atoms with E-state index in [1.807, 2.05) is 6.07 Å². The van der Waals surface area contributed by atoms with Crippen molar-refractivity contribution in [3.05, 3.63) is 16.5 Å². The summed E-state index contributed by atoms with van der Waals surface area (Å²) in [4.78, 5) is 11.7. The first-order valence-corrected chi connectivity index (χ1v) is 7.32. The van der Waals surface area contributed by atoms with E-state index in [2.05, 4.69) is 60.4 Å². The van der Waals surface area contributed by atoms with Crippen LogP contribution in [-0.2, 0) is 5.41 Å². The third kappa shape index (κ3) is 2.68. The molecule has 1 fully saturated rings. The Bertz CT molecular complexity index is 449. The summed E-state index contributed by atoms with van der Waals surface area (Å²) in [5, 5.41) is 0. The Hall–Kier alpha value is -0.640. The molecule has 1 aliphatic rings. The summed E-state index contributed by atoms with van der Waals surface area (Å²) in [6.45, 7) is 12.1. The zero-order chi connectivity index (χ0) is 13.6. The lowest BCUT2D eigenvalue weighted by Gasteiger charge is -2.33. The molecule has 0 N–H and O–H groups in total. The van der Waals surface area contributed by atoms with Crippen LogP contribution in [0.15, 0.2) is 10.7 Å². The number of nitrogens with zero attached hydrogens (tertiary/aromatic N) is 3. The number of aromatic nitrogens is 2. The lowest BCUT2D eigenvalue weighted by molar-refractivity contribution is 0.505. The molecule has 1 saturated heterocycles. The van der Waals surface area contributed by atoms with Gasteiger partial charge in [0.25, 0.3) is 0 Å². The molecule has 0 unspecified atom stereocenters. The van der Waals surface area contributed by atoms with Crippen LogP contribution in [0, 0.1) is 0 Å². The number of anilines is 1. The van der Waals surface area contributed by atoms with Gasteiger partial charge in [-0.3, -0.25) is 0 Å². The molecule has 18 heavy (non-hydrogen) atoms. The predicted octanol–water partition coefficient (Wildman–Crippen LogP) is 3.92. The summed E-state index contributed by atoms with van der Waals surface area (Å²) in [5.74, 6) is 1.94. The van der Waals surface area contributed by atoms with Crippen LogP contribution >= 0.6 is 15.9 Å². The van der Waals surface area contributed by atoms with Crippen LogP contribution in [0.3, 0.4) is 0 Å². The summed E-state index contributed by atoms with van der Waals surface area (Å²) in [7, 11) is 0. The molecule has 0 saturated carbocycles. The highest BCUT2D eigenvalue weighted by Crippen LogP contribution is 2.34. The van der Waals surface area contributed by atoms with Gasteiger partial charge in [-0.15, -0.1) is 0 Å². The van der Waals surface area contributed by atoms with Gasteiger partial charge in [-0.2, -0.15) is 0 Å². The van der Waals surface area contributed by atoms with E-state index in [9.17, 15) is 0 Å². The first-order chi connectivity index (χ1) is 8.20. The zero-order valence-electron chi connectivity index (χ0n) is 11.9. The van der Waals surface area contributed by atoms with Gasteiger partial charge in [0.1, 0.15) is 16.2 Å². The average molecular weight is 312 g/mol. The van der Waals surface area contributed by atoms with Crippen LogP contribution in [-0.4, -0.2) is 22.1 Å². The normalized spacial score (nSPS) is 19.3. The van der Waals surface area contributed by atoms with Gasteiger partial charge in [-0.05, 0) is 42.6 Å². The number of halogens is 1. The topological polar surface area (TPSA) is 29.0 Å². The monoisotopic (exact) mass is 311 g/mol. The lowest BCUT2D eigenvalue weighted by atomic mass is 9.95. The highest BCUT2D eigenvalue weighted by atomic mass is 79.9. The van der Waals surface area contributed by atoms with Gasteiger partial charge in [0, 0.05) is 23.6 Å². The molecule has 1 aromatic heterocycles. The van der Waals surface area contributed by atoms with Gasteiger partial charge in [0.15, 0.2) is 0 Å². The summed E-state index contributed by atoms with van der Waals surface area (Å²) in [6, 6.07) is 2.03. The molecule has 1 aromatic rings. The van der Waals surface area contributed by atoms with Crippen LogP contribution in [0.2, 0.25) is 0 Å². The molecule has 0 bridgehead atoms. The molecule has 0 radical (unpaired) electrons. The van der Waals surface area contributed by atoms with Crippen LogP contribution in [0.25, 0.3) is 0 Å². The van der Waals surface area contributed by atoms with Crippen molar-refractivity contribution < 1.29 is 0 Å². The summed E-state index contributed by atoms with van der Waals surface area (Å²) < 4.78 is 0.875. The Morgan fingerprint density at radius 3 is 2.44 bits per heavy atom. The second-order valence-electron chi connectivity index (χ2n) is 6.69. The van der Waals surface area contributed by atoms with Crippen molar-refractivity contribution in [2.75, 3.05) is 11.4 Å². The molecule has 0 aliphatic carbocycles. The SMILES string of the molecule is CC(C)(C)c1nc(Br)cc(N2CCCC2(C)C)n1. The molecule has 2 rings (SSSR count). The smallest absolute Gasteiger partial charge is 0.137 e. The fourth-order valence-corrected chi connectivity index (χ4v) is 2.78. The van der Waals surface area contributed by atoms with E-state index in [0.29, 0.717) is 0 Å². The molecule has 0 atom stereocenters. The van der Waals surface area contributed by atoms with Crippen molar-refractivity contribution in [3.8, 4) is 0 Å². The van der Waals surface area contributed by atoms with E-state index in [1.165, 1.54) is 12.8 Å². The Morgan fingerprint density at radius 1 is 1.28 bits per heavy atom. The van der Waals surface area contributed by atoms with Crippen LogP contribution < -0.4 is 4.90 Å². The minimum absolute atomic E-state index is 0.0254. The average Bonchev–Trinajstić information content (AvgIpc) is 2.55. The highest BCUT2D eigenvalue weighted by Gasteiger charge is 2.33. The van der Waals surface area contributed by atoms with Crippen molar-refractivity contribution in [1.29, 1.82) is 0 Å². The Balaban J connectivity index is 2.43. The fourth-order valence-electron chi connectivity index (χ4n) is 2.41. The van der Waals surface area contributed by atoms with Gasteiger partial charge in [0.2, 0.25) is 0 Å². The van der Waals surface area contributed by atoms with E-state index in [4.69, 9.17) is 4.98 Å². The Morgan fingerprint density at radius 2 is 1.94 bits per heavy atom. The Kier molecular flexibility index (Phi) is 3.43. The maximum Gasteiger partial charge on any atom is 0.137 e. The molecule has 2 heterocycles. The third-order valence-corrected chi connectivity index (χ3v) is 3.94. The zero-order valence-corrected chi connectivity index (χ0v) is 13.5. The van der Waals surface area contributed by atoms with E-state index >= 15 is 0 Å². The van der Waals surface area contributed by atoms with E-state index in [0.717, 1.165) is 22.8 Å². The van der Waals surface area contributed by atoms with Gasteiger partial charge < -0.3 is 4.90 Å². The molecule has 0 spiro atoms. The molecule has 4 heteroatoms. The minimum atomic E-state index is -0.0254. The molecule has 1 aliphatic heterocycles. The van der Waals surface area contributed by atoms with Gasteiger partial charge in [-0.25, -0.2) is 9.97 Å². The van der Waals surface area contributed by atoms with Crippen LogP contribution in [0.1, 0.15) is 53.3 Å². The van der Waals surface area contributed by atoms with E-state index in [1.54, 1.807) is 0 Å². The summed E-state index contributed by atoms with van der Waals surface area (Å²) in [6.07, 6.45) is 2.46. The molecule has 0 aromatic carbocycles. The van der Waals surface area contributed by atoms with E-state index in [-0.39, 0.29) is 11.0 Å². The third-order valence-electron chi connectivity index (χ3n) is 3.53. The molecule has 0 amide bonds. The maximum atomic E-state index is 4.77. The number of hydrogen-bond acceptors (Lipinski definition) is 3. The second kappa shape index (κ2) is 4.48. The van der Waals surface area contributed by atoms with Crippen molar-refractivity contribution >= 4 is 21.7 Å². The van der Waals surface area contributed by atoms with Gasteiger partial charge in [0.05, 0.1) is 0 Å². The van der Waals surface area contributed by atoms with Crippen molar-refractivity contribution in [2.45, 2.75) is 58.4 Å². The maximum absolute atomic E-state index is 4.77. The first-order valence-electron chi connectivity index (χ1n) is 6.53. The standard InChI is InChI=1S/C14H22BrN3/c1-13(2,3)12-16-10(15)9-11(17-12)18-8-6-7-14(18,4)5/h9H,6-8H2,1-5H3. The van der Waals surface area contributed by atoms with E-state index < -0.39 is 0 Å². The number of rotatable bonds is 1. The molecular formula is C14H22BrN3. The highest BCUT2D eigenvalue weighted by molar-refractivity contribution is 9.10. The van der Waals surface area contributed by atoms with Crippen molar-refractivity contribution in [1.82, 2.24) is 9.97 Å². The van der Waals surface area contributed by atoms with Gasteiger partial charge in [-0.1, -0.05) is 20.8 Å². The first kappa shape index (κ1) is 13.8. The quantitative estimate of drug-likeness (QED) is 0.736. The largest absolute Gasteiger partial charge is 0.351 e. The molecule has 3 nitrogen and oxygen atoms in total. The number of hydrogen-bond donors (Lipinski definition) is 0. The second-order valence-corrected chi connectivity index (χ2v) is 7.50.